The molecule has 0 bridgehead atoms. The first-order valence-corrected chi connectivity index (χ1v) is 9.66. The van der Waals surface area contributed by atoms with Crippen molar-refractivity contribution in [3.63, 3.8) is 0 Å². The molecule has 1 heterocycles. The lowest BCUT2D eigenvalue weighted by atomic mass is 10.0. The van der Waals surface area contributed by atoms with Gasteiger partial charge >= 0.3 is 5.76 Å². The van der Waals surface area contributed by atoms with Crippen LogP contribution in [-0.2, 0) is 22.7 Å². The Morgan fingerprint density at radius 2 is 1.83 bits per heavy atom. The number of aromatic nitrogens is 1. The highest BCUT2D eigenvalue weighted by Crippen LogP contribution is 2.29. The number of nitrogens with zero attached hydrogens (tertiary/aromatic N) is 1. The molecule has 0 spiro atoms. The number of amides is 1. The fraction of sp³-hybridized carbons (Fsp3) is 0.333. The second-order valence-corrected chi connectivity index (χ2v) is 8.38. The van der Waals surface area contributed by atoms with Crippen molar-refractivity contribution in [1.29, 1.82) is 0 Å². The predicted molar refractivity (Wildman–Crippen MR) is 86.3 cm³/mol. The highest BCUT2D eigenvalue weighted by Gasteiger charge is 2.26. The first-order chi connectivity index (χ1) is 11.4. The van der Waals surface area contributed by atoms with Crippen molar-refractivity contribution in [1.82, 2.24) is 4.98 Å². The first-order valence-electron chi connectivity index (χ1n) is 7.30. The molecule has 0 radical (unpaired) electrons. The smallest absolute Gasteiger partial charge is 0.298 e. The zero-order valence-electron chi connectivity index (χ0n) is 12.5. The zero-order chi connectivity index (χ0) is 17.3. The summed E-state index contributed by atoms with van der Waals surface area (Å²) in [5.74, 6) is -3.94. The molecule has 9 heteroatoms. The second kappa shape index (κ2) is 6.56. The number of sulfone groups is 1. The van der Waals surface area contributed by atoms with Crippen molar-refractivity contribution in [2.75, 3.05) is 5.32 Å². The fourth-order valence-electron chi connectivity index (χ4n) is 2.47. The number of fused-ring (bicyclic) bond motifs is 1. The van der Waals surface area contributed by atoms with E-state index in [-0.39, 0.29) is 5.56 Å². The Hall–Kier alpha value is -1.87. The van der Waals surface area contributed by atoms with E-state index in [1.165, 1.54) is 28.3 Å². The SMILES string of the molecule is O=C(Nc1nc2c(s1)CCCC2)c1ccc(S(=O)(=O)C(F)F)cc1. The van der Waals surface area contributed by atoms with Gasteiger partial charge < -0.3 is 0 Å². The van der Waals surface area contributed by atoms with Gasteiger partial charge in [0.05, 0.1) is 10.6 Å². The topological polar surface area (TPSA) is 76.1 Å². The summed E-state index contributed by atoms with van der Waals surface area (Å²) in [5, 5.41) is 3.16. The maximum Gasteiger partial charge on any atom is 0.341 e. The van der Waals surface area contributed by atoms with Crippen LogP contribution < -0.4 is 5.32 Å². The molecular weight excluding hydrogens is 358 g/mol. The molecule has 128 valence electrons. The molecule has 0 saturated carbocycles. The lowest BCUT2D eigenvalue weighted by Crippen LogP contribution is -2.14. The van der Waals surface area contributed by atoms with Crippen LogP contribution in [0.1, 0.15) is 33.8 Å². The summed E-state index contributed by atoms with van der Waals surface area (Å²) in [7, 11) is -4.66. The van der Waals surface area contributed by atoms with Gasteiger partial charge in [-0.3, -0.25) is 10.1 Å². The maximum atomic E-state index is 12.5. The van der Waals surface area contributed by atoms with Crippen LogP contribution in [0.25, 0.3) is 0 Å². The van der Waals surface area contributed by atoms with Crippen LogP contribution in [0.4, 0.5) is 13.9 Å². The molecule has 24 heavy (non-hydrogen) atoms. The summed E-state index contributed by atoms with van der Waals surface area (Å²) in [6.07, 6.45) is 4.07. The molecule has 0 fully saturated rings. The molecule has 1 aliphatic carbocycles. The molecule has 0 atom stereocenters. The van der Waals surface area contributed by atoms with Crippen molar-refractivity contribution in [3.8, 4) is 0 Å². The molecule has 1 aromatic heterocycles. The van der Waals surface area contributed by atoms with Gasteiger partial charge in [-0.25, -0.2) is 13.4 Å². The summed E-state index contributed by atoms with van der Waals surface area (Å²) >= 11 is 1.43. The van der Waals surface area contributed by atoms with Crippen LogP contribution in [0, 0.1) is 0 Å². The van der Waals surface area contributed by atoms with Crippen LogP contribution in [-0.4, -0.2) is 25.1 Å². The van der Waals surface area contributed by atoms with Gasteiger partial charge in [-0.2, -0.15) is 8.78 Å². The Kier molecular flexibility index (Phi) is 4.64. The van der Waals surface area contributed by atoms with Gasteiger partial charge in [0, 0.05) is 10.4 Å². The van der Waals surface area contributed by atoms with Crippen molar-refractivity contribution >= 4 is 32.2 Å². The van der Waals surface area contributed by atoms with Gasteiger partial charge in [0.25, 0.3) is 5.91 Å². The molecule has 0 aliphatic heterocycles. The molecule has 1 amide bonds. The number of carbonyl (C=O) groups is 1. The average Bonchev–Trinajstić information content (AvgIpc) is 2.97. The van der Waals surface area contributed by atoms with Crippen molar-refractivity contribution in [3.05, 3.63) is 40.4 Å². The Morgan fingerprint density at radius 3 is 2.46 bits per heavy atom. The number of nitrogens with one attached hydrogen (secondary N) is 1. The summed E-state index contributed by atoms with van der Waals surface area (Å²) in [5.41, 5.74) is 1.19. The Bertz CT molecular complexity index is 838. The molecule has 1 aromatic carbocycles. The van der Waals surface area contributed by atoms with Gasteiger partial charge in [-0.1, -0.05) is 0 Å². The van der Waals surface area contributed by atoms with E-state index in [2.05, 4.69) is 10.3 Å². The third-order valence-electron chi connectivity index (χ3n) is 3.75. The molecule has 3 rings (SSSR count). The number of aryl methyl sites for hydroxylation is 2. The van der Waals surface area contributed by atoms with Gasteiger partial charge in [-0.15, -0.1) is 11.3 Å². The molecular formula is C15H14F2N2O3S2. The van der Waals surface area contributed by atoms with Gasteiger partial charge in [0.15, 0.2) is 5.13 Å². The zero-order valence-corrected chi connectivity index (χ0v) is 14.1. The fourth-order valence-corrected chi connectivity index (χ4v) is 4.24. The van der Waals surface area contributed by atoms with E-state index < -0.39 is 26.4 Å². The van der Waals surface area contributed by atoms with Crippen molar-refractivity contribution < 1.29 is 22.0 Å². The summed E-state index contributed by atoms with van der Waals surface area (Å²) < 4.78 is 47.7. The minimum atomic E-state index is -4.66. The number of hydrogen-bond donors (Lipinski definition) is 1. The first kappa shape index (κ1) is 17.0. The highest BCUT2D eigenvalue weighted by molar-refractivity contribution is 7.91. The van der Waals surface area contributed by atoms with E-state index in [1.54, 1.807) is 0 Å². The van der Waals surface area contributed by atoms with Crippen molar-refractivity contribution in [2.24, 2.45) is 0 Å². The molecule has 1 aliphatic rings. The Balaban J connectivity index is 1.75. The monoisotopic (exact) mass is 372 g/mol. The number of thiazole rings is 1. The molecule has 0 saturated heterocycles. The van der Waals surface area contributed by atoms with Gasteiger partial charge in [-0.05, 0) is 49.9 Å². The number of benzene rings is 1. The highest BCUT2D eigenvalue weighted by atomic mass is 32.2. The van der Waals surface area contributed by atoms with Gasteiger partial charge in [0.1, 0.15) is 0 Å². The number of hydrogen-bond acceptors (Lipinski definition) is 5. The van der Waals surface area contributed by atoms with E-state index in [9.17, 15) is 22.0 Å². The number of anilines is 1. The minimum Gasteiger partial charge on any atom is -0.298 e. The predicted octanol–water partition coefficient (Wildman–Crippen LogP) is 3.27. The van der Waals surface area contributed by atoms with E-state index in [4.69, 9.17) is 0 Å². The number of carbonyl (C=O) groups excluding carboxylic acids is 1. The number of halogens is 2. The quantitative estimate of drug-likeness (QED) is 0.894. The van der Waals surface area contributed by atoms with Crippen molar-refractivity contribution in [2.45, 2.75) is 36.3 Å². The normalized spacial score (nSPS) is 14.5. The van der Waals surface area contributed by atoms with Crippen LogP contribution in [0.15, 0.2) is 29.2 Å². The third kappa shape index (κ3) is 3.32. The van der Waals surface area contributed by atoms with Crippen LogP contribution in [0.5, 0.6) is 0 Å². The second-order valence-electron chi connectivity index (χ2n) is 5.38. The van der Waals surface area contributed by atoms with Crippen LogP contribution in [0.3, 0.4) is 0 Å². The summed E-state index contributed by atoms with van der Waals surface area (Å²) in [4.78, 5) is 17.2. The lowest BCUT2D eigenvalue weighted by molar-refractivity contribution is 0.102. The minimum absolute atomic E-state index is 0.177. The molecule has 1 N–H and O–H groups in total. The third-order valence-corrected chi connectivity index (χ3v) is 6.22. The maximum absolute atomic E-state index is 12.5. The largest absolute Gasteiger partial charge is 0.341 e. The van der Waals surface area contributed by atoms with Crippen LogP contribution in [0.2, 0.25) is 0 Å². The average molecular weight is 372 g/mol. The van der Waals surface area contributed by atoms with Gasteiger partial charge in [0.2, 0.25) is 9.84 Å². The van der Waals surface area contributed by atoms with E-state index in [0.29, 0.717) is 5.13 Å². The van der Waals surface area contributed by atoms with E-state index in [1.807, 2.05) is 0 Å². The van der Waals surface area contributed by atoms with E-state index in [0.717, 1.165) is 43.5 Å². The van der Waals surface area contributed by atoms with E-state index >= 15 is 0 Å². The molecule has 2 aromatic rings. The lowest BCUT2D eigenvalue weighted by Gasteiger charge is -2.06. The Labute approximate surface area is 141 Å². The standard InChI is InChI=1S/C15H14F2N2O3S2/c16-14(17)24(21,22)10-7-5-9(6-8-10)13(20)19-15-18-11-3-1-2-4-12(11)23-15/h5-8,14H,1-4H2,(H,18,19,20). The Morgan fingerprint density at radius 1 is 1.17 bits per heavy atom. The number of rotatable bonds is 4. The van der Waals surface area contributed by atoms with Crippen LogP contribution >= 0.6 is 11.3 Å². The molecule has 5 nitrogen and oxygen atoms in total. The number of alkyl halides is 2. The summed E-state index contributed by atoms with van der Waals surface area (Å²) in [6.45, 7) is 0. The molecule has 0 unspecified atom stereocenters. The summed E-state index contributed by atoms with van der Waals surface area (Å²) in [6, 6.07) is 4.42.